The van der Waals surface area contributed by atoms with Crippen LogP contribution in [-0.2, 0) is 6.18 Å². The Kier molecular flexibility index (Phi) is 4.24. The number of alkyl halides is 3. The number of pyridine rings is 1. The van der Waals surface area contributed by atoms with Crippen molar-refractivity contribution in [3.8, 4) is 0 Å². The van der Waals surface area contributed by atoms with E-state index in [0.717, 1.165) is 43.5 Å². The molecule has 0 amide bonds. The van der Waals surface area contributed by atoms with E-state index < -0.39 is 11.7 Å². The Morgan fingerprint density at radius 3 is 2.58 bits per heavy atom. The molecule has 1 aromatic rings. The van der Waals surface area contributed by atoms with Crippen molar-refractivity contribution in [1.29, 1.82) is 0 Å². The lowest BCUT2D eigenvalue weighted by molar-refractivity contribution is -0.137. The number of hydrogen-bond donors (Lipinski definition) is 1. The van der Waals surface area contributed by atoms with Crippen LogP contribution in [0.2, 0.25) is 0 Å². The smallest absolute Gasteiger partial charge is 0.319 e. The number of aromatic nitrogens is 1. The molecule has 0 aliphatic heterocycles. The number of hydrogen-bond acceptors (Lipinski definition) is 2. The fourth-order valence-electron chi connectivity index (χ4n) is 2.27. The van der Waals surface area contributed by atoms with E-state index in [1.165, 1.54) is 12.5 Å². The van der Waals surface area contributed by atoms with Crippen LogP contribution in [0.15, 0.2) is 30.0 Å². The molecule has 0 spiro atoms. The zero-order chi connectivity index (χ0) is 13.9. The van der Waals surface area contributed by atoms with Gasteiger partial charge in [-0.3, -0.25) is 4.98 Å². The predicted molar refractivity (Wildman–Crippen MR) is 67.3 cm³/mol. The largest absolute Gasteiger partial charge is 0.417 e. The van der Waals surface area contributed by atoms with E-state index in [4.69, 9.17) is 5.73 Å². The van der Waals surface area contributed by atoms with E-state index in [1.807, 2.05) is 0 Å². The van der Waals surface area contributed by atoms with E-state index in [1.54, 1.807) is 0 Å². The topological polar surface area (TPSA) is 38.9 Å². The number of allylic oxidation sites excluding steroid dienone is 1. The van der Waals surface area contributed by atoms with Crippen LogP contribution in [0.4, 0.5) is 13.2 Å². The fraction of sp³-hybridized carbons (Fsp3) is 0.500. The maximum Gasteiger partial charge on any atom is 0.417 e. The molecule has 2 N–H and O–H groups in total. The van der Waals surface area contributed by atoms with Gasteiger partial charge in [-0.1, -0.05) is 18.1 Å². The summed E-state index contributed by atoms with van der Waals surface area (Å²) in [5.74, 6) is 0. The molecular weight excluding hydrogens is 253 g/mol. The average molecular weight is 270 g/mol. The zero-order valence-electron chi connectivity index (χ0n) is 10.6. The summed E-state index contributed by atoms with van der Waals surface area (Å²) in [5.41, 5.74) is 6.94. The van der Waals surface area contributed by atoms with Gasteiger partial charge in [0.1, 0.15) is 0 Å². The first kappa shape index (κ1) is 14.1. The molecule has 1 aromatic heterocycles. The SMILES string of the molecule is NC(C1=CCCCCC1)c1ccc(C(F)(F)F)cn1. The van der Waals surface area contributed by atoms with Crippen molar-refractivity contribution >= 4 is 0 Å². The van der Waals surface area contributed by atoms with Gasteiger partial charge in [-0.15, -0.1) is 0 Å². The van der Waals surface area contributed by atoms with E-state index in [9.17, 15) is 13.2 Å². The van der Waals surface area contributed by atoms with Crippen molar-refractivity contribution < 1.29 is 13.2 Å². The Hall–Kier alpha value is -1.36. The molecule has 19 heavy (non-hydrogen) atoms. The van der Waals surface area contributed by atoms with Gasteiger partial charge in [0.25, 0.3) is 0 Å². The summed E-state index contributed by atoms with van der Waals surface area (Å²) >= 11 is 0. The first-order chi connectivity index (χ1) is 8.98. The van der Waals surface area contributed by atoms with Gasteiger partial charge in [-0.2, -0.15) is 13.2 Å². The molecule has 0 bridgehead atoms. The minimum Gasteiger partial charge on any atom is -0.319 e. The number of nitrogens with zero attached hydrogens (tertiary/aromatic N) is 1. The van der Waals surface area contributed by atoms with Gasteiger partial charge in [-0.25, -0.2) is 0 Å². The summed E-state index contributed by atoms with van der Waals surface area (Å²) in [7, 11) is 0. The molecule has 1 heterocycles. The molecule has 1 aliphatic carbocycles. The summed E-state index contributed by atoms with van der Waals surface area (Å²) in [5, 5.41) is 0. The normalized spacial score (nSPS) is 18.6. The van der Waals surface area contributed by atoms with Crippen LogP contribution in [-0.4, -0.2) is 4.98 Å². The highest BCUT2D eigenvalue weighted by molar-refractivity contribution is 5.25. The van der Waals surface area contributed by atoms with Gasteiger partial charge >= 0.3 is 6.18 Å². The van der Waals surface area contributed by atoms with Crippen LogP contribution < -0.4 is 5.73 Å². The molecule has 2 nitrogen and oxygen atoms in total. The van der Waals surface area contributed by atoms with Gasteiger partial charge < -0.3 is 5.73 Å². The lowest BCUT2D eigenvalue weighted by atomic mass is 9.99. The average Bonchev–Trinajstić information content (AvgIpc) is 2.66. The van der Waals surface area contributed by atoms with Crippen LogP contribution in [0.5, 0.6) is 0 Å². The lowest BCUT2D eigenvalue weighted by Gasteiger charge is -2.15. The van der Waals surface area contributed by atoms with Crippen molar-refractivity contribution in [3.05, 3.63) is 41.2 Å². The van der Waals surface area contributed by atoms with Crippen LogP contribution in [0, 0.1) is 0 Å². The minimum atomic E-state index is -4.35. The molecule has 5 heteroatoms. The van der Waals surface area contributed by atoms with Gasteiger partial charge in [0, 0.05) is 6.20 Å². The Labute approximate surface area is 110 Å². The van der Waals surface area contributed by atoms with E-state index in [0.29, 0.717) is 5.69 Å². The highest BCUT2D eigenvalue weighted by atomic mass is 19.4. The van der Waals surface area contributed by atoms with Crippen LogP contribution in [0.1, 0.15) is 49.4 Å². The van der Waals surface area contributed by atoms with Gasteiger partial charge in [0.2, 0.25) is 0 Å². The zero-order valence-corrected chi connectivity index (χ0v) is 10.6. The molecule has 1 unspecified atom stereocenters. The highest BCUT2D eigenvalue weighted by Crippen LogP contribution is 2.30. The van der Waals surface area contributed by atoms with E-state index >= 15 is 0 Å². The Bertz CT molecular complexity index is 449. The lowest BCUT2D eigenvalue weighted by Crippen LogP contribution is -2.16. The highest BCUT2D eigenvalue weighted by Gasteiger charge is 2.31. The first-order valence-corrected chi connectivity index (χ1v) is 6.46. The molecular formula is C14H17F3N2. The Balaban J connectivity index is 2.15. The van der Waals surface area contributed by atoms with Crippen molar-refractivity contribution in [3.63, 3.8) is 0 Å². The minimum absolute atomic E-state index is 0.389. The molecule has 1 atom stereocenters. The number of rotatable bonds is 2. The quantitative estimate of drug-likeness (QED) is 0.825. The molecule has 0 saturated carbocycles. The van der Waals surface area contributed by atoms with Gasteiger partial charge in [-0.05, 0) is 37.8 Å². The van der Waals surface area contributed by atoms with Gasteiger partial charge in [0.05, 0.1) is 17.3 Å². The van der Waals surface area contributed by atoms with E-state index in [-0.39, 0.29) is 6.04 Å². The second-order valence-electron chi connectivity index (χ2n) is 4.83. The molecule has 104 valence electrons. The summed E-state index contributed by atoms with van der Waals surface area (Å²) in [6, 6.07) is 2.03. The van der Waals surface area contributed by atoms with Crippen molar-refractivity contribution in [2.75, 3.05) is 0 Å². The van der Waals surface area contributed by atoms with Crippen molar-refractivity contribution in [2.24, 2.45) is 5.73 Å². The molecule has 0 saturated heterocycles. The van der Waals surface area contributed by atoms with E-state index in [2.05, 4.69) is 11.1 Å². The molecule has 0 aromatic carbocycles. The number of nitrogens with two attached hydrogens (primary N) is 1. The van der Waals surface area contributed by atoms with Gasteiger partial charge in [0.15, 0.2) is 0 Å². The Morgan fingerprint density at radius 2 is 1.95 bits per heavy atom. The van der Waals surface area contributed by atoms with Crippen LogP contribution >= 0.6 is 0 Å². The summed E-state index contributed by atoms with van der Waals surface area (Å²) in [6.07, 6.45) is 3.91. The molecule has 0 fully saturated rings. The third-order valence-electron chi connectivity index (χ3n) is 3.41. The molecule has 0 radical (unpaired) electrons. The standard InChI is InChI=1S/C14H17F3N2/c15-14(16,17)11-7-8-12(19-9-11)13(18)10-5-3-1-2-4-6-10/h5,7-9,13H,1-4,6,18H2. The maximum absolute atomic E-state index is 12.4. The first-order valence-electron chi connectivity index (χ1n) is 6.46. The summed E-state index contributed by atoms with van der Waals surface area (Å²) < 4.78 is 37.3. The fourth-order valence-corrected chi connectivity index (χ4v) is 2.27. The number of halogens is 3. The third-order valence-corrected chi connectivity index (χ3v) is 3.41. The monoisotopic (exact) mass is 270 g/mol. The second kappa shape index (κ2) is 5.74. The third kappa shape index (κ3) is 3.56. The summed E-state index contributed by atoms with van der Waals surface area (Å²) in [6.45, 7) is 0. The predicted octanol–water partition coefficient (Wildman–Crippen LogP) is 3.99. The molecule has 1 aliphatic rings. The maximum atomic E-state index is 12.4. The Morgan fingerprint density at radius 1 is 1.16 bits per heavy atom. The van der Waals surface area contributed by atoms with Crippen LogP contribution in [0.3, 0.4) is 0 Å². The second-order valence-corrected chi connectivity index (χ2v) is 4.83. The van der Waals surface area contributed by atoms with Crippen molar-refractivity contribution in [1.82, 2.24) is 4.98 Å². The summed E-state index contributed by atoms with van der Waals surface area (Å²) in [4.78, 5) is 3.87. The van der Waals surface area contributed by atoms with Crippen LogP contribution in [0.25, 0.3) is 0 Å². The van der Waals surface area contributed by atoms with Crippen molar-refractivity contribution in [2.45, 2.75) is 44.3 Å². The molecule has 2 rings (SSSR count).